The molecule has 2 aromatic carbocycles. The Morgan fingerprint density at radius 3 is 2.68 bits per heavy atom. The molecule has 0 unspecified atom stereocenters. The van der Waals surface area contributed by atoms with E-state index in [1.807, 2.05) is 47.4 Å². The van der Waals surface area contributed by atoms with Crippen LogP contribution in [0.3, 0.4) is 0 Å². The predicted octanol–water partition coefficient (Wildman–Crippen LogP) is 4.52. The molecule has 4 heterocycles. The molecular formula is C24H22N4O2S. The molecule has 0 saturated carbocycles. The van der Waals surface area contributed by atoms with E-state index >= 15 is 0 Å². The number of H-pyrrole nitrogens is 1. The largest absolute Gasteiger partial charge is 0.431 e. The Morgan fingerprint density at radius 1 is 1.06 bits per heavy atom. The number of rotatable bonds is 5. The molecule has 0 aliphatic carbocycles. The first-order chi connectivity index (χ1) is 15.2. The van der Waals surface area contributed by atoms with Crippen molar-refractivity contribution in [2.24, 2.45) is 0 Å². The lowest BCUT2D eigenvalue weighted by atomic mass is 10.2. The van der Waals surface area contributed by atoms with Crippen LogP contribution in [0.2, 0.25) is 0 Å². The molecule has 156 valence electrons. The van der Waals surface area contributed by atoms with Crippen LogP contribution < -0.4 is 4.74 Å². The molecule has 4 aromatic rings. The Bertz CT molecular complexity index is 1190. The number of likely N-dealkylation sites (tertiary alicyclic amines) is 2. The maximum atomic E-state index is 12.7. The highest BCUT2D eigenvalue weighted by Crippen LogP contribution is 2.34. The Hall–Kier alpha value is -3.16. The molecule has 1 amide bonds. The number of fused-ring (bicyclic) bond motifs is 3. The number of amides is 1. The van der Waals surface area contributed by atoms with E-state index in [0.717, 1.165) is 42.0 Å². The molecule has 6 nitrogen and oxygen atoms in total. The summed E-state index contributed by atoms with van der Waals surface area (Å²) in [5, 5.41) is 0.664. The van der Waals surface area contributed by atoms with Crippen LogP contribution in [-0.2, 0) is 6.54 Å². The number of hydrogen-bond acceptors (Lipinski definition) is 5. The number of carbonyl (C=O) groups is 1. The van der Waals surface area contributed by atoms with Crippen molar-refractivity contribution in [1.82, 2.24) is 19.8 Å². The molecule has 2 atom stereocenters. The van der Waals surface area contributed by atoms with Crippen molar-refractivity contribution in [3.8, 4) is 10.9 Å². The lowest BCUT2D eigenvalue weighted by Gasteiger charge is -2.34. The second kappa shape index (κ2) is 7.51. The van der Waals surface area contributed by atoms with Gasteiger partial charge in [-0.05, 0) is 48.4 Å². The van der Waals surface area contributed by atoms with Gasteiger partial charge in [-0.25, -0.2) is 4.98 Å². The van der Waals surface area contributed by atoms with Crippen LogP contribution >= 0.6 is 11.3 Å². The average Bonchev–Trinajstić information content (AvgIpc) is 3.57. The summed E-state index contributed by atoms with van der Waals surface area (Å²) in [5.41, 5.74) is 2.90. The summed E-state index contributed by atoms with van der Waals surface area (Å²) < 4.78 is 7.09. The summed E-state index contributed by atoms with van der Waals surface area (Å²) in [7, 11) is 0. The summed E-state index contributed by atoms with van der Waals surface area (Å²) in [6, 6.07) is 20.8. The summed E-state index contributed by atoms with van der Waals surface area (Å²) in [6.45, 7) is 2.63. The van der Waals surface area contributed by atoms with Gasteiger partial charge in [-0.2, -0.15) is 0 Å². The zero-order valence-electron chi connectivity index (χ0n) is 16.9. The molecule has 7 heteroatoms. The molecule has 31 heavy (non-hydrogen) atoms. The van der Waals surface area contributed by atoms with Crippen LogP contribution in [-0.4, -0.2) is 50.8 Å². The van der Waals surface area contributed by atoms with E-state index in [4.69, 9.17) is 4.74 Å². The van der Waals surface area contributed by atoms with Gasteiger partial charge in [-0.1, -0.05) is 35.6 Å². The van der Waals surface area contributed by atoms with Gasteiger partial charge in [0.05, 0.1) is 10.2 Å². The monoisotopic (exact) mass is 430 g/mol. The standard InChI is InChI=1S/C24H22N4O2S/c29-23(21-5-3-11-25-21)28-15-17-12-18(28)14-27(17)13-16-7-9-19(10-8-16)30-24-26-20-4-1-2-6-22(20)31-24/h1-11,17-18,25H,12-15H2/t17-,18-/m0/s1. The zero-order chi connectivity index (χ0) is 20.8. The Balaban J connectivity index is 1.08. The molecule has 2 fully saturated rings. The molecule has 0 spiro atoms. The molecule has 2 aromatic heterocycles. The van der Waals surface area contributed by atoms with Gasteiger partial charge in [0.15, 0.2) is 0 Å². The third kappa shape index (κ3) is 3.49. The molecule has 0 radical (unpaired) electrons. The number of ether oxygens (including phenoxy) is 1. The van der Waals surface area contributed by atoms with E-state index in [1.54, 1.807) is 17.5 Å². The number of thiazole rings is 1. The van der Waals surface area contributed by atoms with Gasteiger partial charge >= 0.3 is 0 Å². The van der Waals surface area contributed by atoms with Crippen LogP contribution in [0, 0.1) is 0 Å². The molecular weight excluding hydrogens is 408 g/mol. The van der Waals surface area contributed by atoms with Gasteiger partial charge in [0.25, 0.3) is 11.1 Å². The summed E-state index contributed by atoms with van der Waals surface area (Å²) in [4.78, 5) is 24.8. The van der Waals surface area contributed by atoms with Crippen molar-refractivity contribution in [1.29, 1.82) is 0 Å². The molecule has 1 N–H and O–H groups in total. The zero-order valence-corrected chi connectivity index (χ0v) is 17.7. The van der Waals surface area contributed by atoms with Crippen molar-refractivity contribution in [2.75, 3.05) is 13.1 Å². The Labute approximate surface area is 184 Å². The van der Waals surface area contributed by atoms with E-state index in [-0.39, 0.29) is 5.91 Å². The number of aromatic nitrogens is 2. The Morgan fingerprint density at radius 2 is 1.94 bits per heavy atom. The lowest BCUT2D eigenvalue weighted by Crippen LogP contribution is -2.48. The van der Waals surface area contributed by atoms with Crippen molar-refractivity contribution < 1.29 is 9.53 Å². The smallest absolute Gasteiger partial charge is 0.279 e. The van der Waals surface area contributed by atoms with Gasteiger partial charge < -0.3 is 14.6 Å². The van der Waals surface area contributed by atoms with Crippen molar-refractivity contribution in [3.63, 3.8) is 0 Å². The number of para-hydroxylation sites is 1. The van der Waals surface area contributed by atoms with E-state index in [1.165, 1.54) is 5.56 Å². The number of benzene rings is 2. The fourth-order valence-electron chi connectivity index (χ4n) is 4.70. The Kier molecular flexibility index (Phi) is 4.51. The fourth-order valence-corrected chi connectivity index (χ4v) is 5.54. The minimum Gasteiger partial charge on any atom is -0.431 e. The second-order valence-corrected chi connectivity index (χ2v) is 9.20. The van der Waals surface area contributed by atoms with Crippen LogP contribution in [0.25, 0.3) is 10.2 Å². The third-order valence-electron chi connectivity index (χ3n) is 6.23. The second-order valence-electron chi connectivity index (χ2n) is 8.21. The fraction of sp³-hybridized carbons (Fsp3) is 0.250. The van der Waals surface area contributed by atoms with E-state index < -0.39 is 0 Å². The van der Waals surface area contributed by atoms with E-state index in [9.17, 15) is 4.79 Å². The number of aromatic amines is 1. The summed E-state index contributed by atoms with van der Waals surface area (Å²) >= 11 is 1.56. The molecule has 2 saturated heterocycles. The van der Waals surface area contributed by atoms with Crippen molar-refractivity contribution in [3.05, 3.63) is 78.1 Å². The highest BCUT2D eigenvalue weighted by Gasteiger charge is 2.45. The minimum atomic E-state index is 0.119. The maximum Gasteiger partial charge on any atom is 0.279 e. The summed E-state index contributed by atoms with van der Waals surface area (Å²) in [6.07, 6.45) is 2.86. The van der Waals surface area contributed by atoms with Crippen LogP contribution in [0.5, 0.6) is 10.9 Å². The van der Waals surface area contributed by atoms with Gasteiger partial charge in [-0.15, -0.1) is 0 Å². The first kappa shape index (κ1) is 18.6. The van der Waals surface area contributed by atoms with Crippen molar-refractivity contribution in [2.45, 2.75) is 25.0 Å². The maximum absolute atomic E-state index is 12.7. The first-order valence-corrected chi connectivity index (χ1v) is 11.4. The van der Waals surface area contributed by atoms with Gasteiger partial charge in [0, 0.05) is 37.9 Å². The predicted molar refractivity (Wildman–Crippen MR) is 121 cm³/mol. The van der Waals surface area contributed by atoms with Crippen molar-refractivity contribution >= 4 is 27.5 Å². The number of piperazine rings is 1. The van der Waals surface area contributed by atoms with E-state index in [0.29, 0.717) is 23.0 Å². The quantitative estimate of drug-likeness (QED) is 0.506. The first-order valence-electron chi connectivity index (χ1n) is 10.5. The highest BCUT2D eigenvalue weighted by molar-refractivity contribution is 7.20. The topological polar surface area (TPSA) is 61.5 Å². The molecule has 6 rings (SSSR count). The van der Waals surface area contributed by atoms with Gasteiger partial charge in [0.1, 0.15) is 11.4 Å². The van der Waals surface area contributed by atoms with Gasteiger partial charge in [-0.3, -0.25) is 9.69 Å². The summed E-state index contributed by atoms with van der Waals surface area (Å²) in [5.74, 6) is 0.918. The number of carbonyl (C=O) groups excluding carboxylic acids is 1. The number of nitrogens with one attached hydrogen (secondary N) is 1. The molecule has 2 bridgehead atoms. The van der Waals surface area contributed by atoms with Crippen LogP contribution in [0.4, 0.5) is 0 Å². The minimum absolute atomic E-state index is 0.119. The van der Waals surface area contributed by atoms with E-state index in [2.05, 4.69) is 33.1 Å². The van der Waals surface area contributed by atoms with Crippen LogP contribution in [0.15, 0.2) is 66.9 Å². The highest BCUT2D eigenvalue weighted by atomic mass is 32.1. The normalized spacial score (nSPS) is 20.6. The lowest BCUT2D eigenvalue weighted by molar-refractivity contribution is 0.0611. The SMILES string of the molecule is O=C(c1ccc[nH]1)N1C[C@@H]2C[C@H]1CN2Cc1ccc(Oc2nc3ccccc3s2)cc1. The van der Waals surface area contributed by atoms with Gasteiger partial charge in [0.2, 0.25) is 0 Å². The van der Waals surface area contributed by atoms with Crippen LogP contribution in [0.1, 0.15) is 22.5 Å². The third-order valence-corrected chi connectivity index (χ3v) is 7.15. The molecule has 2 aliphatic heterocycles. The molecule has 2 aliphatic rings. The number of hydrogen-bond donors (Lipinski definition) is 1. The number of nitrogens with zero attached hydrogens (tertiary/aromatic N) is 3. The average molecular weight is 431 g/mol.